The molecule has 0 saturated carbocycles. The summed E-state index contributed by atoms with van der Waals surface area (Å²) >= 11 is 5.86. The number of sulfonamides is 1. The molecule has 2 rings (SSSR count). The number of nitrogens with one attached hydrogen (secondary N) is 1. The highest BCUT2D eigenvalue weighted by atomic mass is 35.5. The van der Waals surface area contributed by atoms with Gasteiger partial charge in [-0.2, -0.15) is 0 Å². The molecule has 114 valence electrons. The van der Waals surface area contributed by atoms with Gasteiger partial charge in [0.2, 0.25) is 10.0 Å². The maximum atomic E-state index is 12.5. The minimum absolute atomic E-state index is 0.217. The number of aryl methyl sites for hydroxylation is 1. The number of hydrogen-bond donors (Lipinski definition) is 1. The molecule has 0 aliphatic rings. The van der Waals surface area contributed by atoms with Gasteiger partial charge in [0, 0.05) is 11.4 Å². The predicted octanol–water partition coefficient (Wildman–Crippen LogP) is 3.69. The van der Waals surface area contributed by atoms with Crippen molar-refractivity contribution < 1.29 is 8.42 Å². The summed E-state index contributed by atoms with van der Waals surface area (Å²) in [5, 5.41) is 0.588. The van der Waals surface area contributed by atoms with Gasteiger partial charge in [0.15, 0.2) is 0 Å². The lowest BCUT2D eigenvalue weighted by Gasteiger charge is -2.17. The molecule has 0 bridgehead atoms. The van der Waals surface area contributed by atoms with Crippen molar-refractivity contribution in [3.05, 3.63) is 64.7 Å². The highest BCUT2D eigenvalue weighted by Crippen LogP contribution is 2.22. The standard InChI is InChI=1S/C17H16ClNO2S/c1-3-4-17(14-7-9-15(18)10-8-14)19-22(20,21)16-11-5-13(2)6-12-16/h1,5-12,17,19H,4H2,2H3. The average molecular weight is 334 g/mol. The minimum atomic E-state index is -3.64. The fourth-order valence-electron chi connectivity index (χ4n) is 2.01. The first-order chi connectivity index (χ1) is 10.4. The molecule has 0 radical (unpaired) electrons. The van der Waals surface area contributed by atoms with Crippen LogP contribution in [0.1, 0.15) is 23.6 Å². The second-order valence-corrected chi connectivity index (χ2v) is 7.10. The van der Waals surface area contributed by atoms with E-state index in [0.29, 0.717) is 5.02 Å². The third kappa shape index (κ3) is 4.11. The number of benzene rings is 2. The van der Waals surface area contributed by atoms with Crippen molar-refractivity contribution in [1.29, 1.82) is 0 Å². The third-order valence-electron chi connectivity index (χ3n) is 3.22. The molecule has 0 spiro atoms. The number of terminal acetylenes is 1. The average Bonchev–Trinajstić information content (AvgIpc) is 2.48. The molecule has 3 nitrogen and oxygen atoms in total. The zero-order valence-electron chi connectivity index (χ0n) is 12.1. The van der Waals surface area contributed by atoms with Gasteiger partial charge >= 0.3 is 0 Å². The van der Waals surface area contributed by atoms with Crippen LogP contribution in [0.4, 0.5) is 0 Å². The largest absolute Gasteiger partial charge is 0.241 e. The van der Waals surface area contributed by atoms with Gasteiger partial charge in [-0.1, -0.05) is 41.4 Å². The summed E-state index contributed by atoms with van der Waals surface area (Å²) in [6, 6.07) is 13.1. The van der Waals surface area contributed by atoms with E-state index in [-0.39, 0.29) is 11.3 Å². The molecule has 0 heterocycles. The van der Waals surface area contributed by atoms with Gasteiger partial charge in [-0.05, 0) is 36.8 Å². The second kappa shape index (κ2) is 6.97. The van der Waals surface area contributed by atoms with Crippen molar-refractivity contribution in [3.8, 4) is 12.3 Å². The zero-order chi connectivity index (χ0) is 16.2. The monoisotopic (exact) mass is 333 g/mol. The molecular weight excluding hydrogens is 318 g/mol. The Hall–Kier alpha value is -1.80. The predicted molar refractivity (Wildman–Crippen MR) is 89.1 cm³/mol. The summed E-state index contributed by atoms with van der Waals surface area (Å²) in [4.78, 5) is 0.217. The first-order valence-electron chi connectivity index (χ1n) is 6.70. The van der Waals surface area contributed by atoms with Crippen LogP contribution >= 0.6 is 11.6 Å². The minimum Gasteiger partial charge on any atom is -0.207 e. The summed E-state index contributed by atoms with van der Waals surface area (Å²) < 4.78 is 27.6. The van der Waals surface area contributed by atoms with Gasteiger partial charge in [0.05, 0.1) is 10.9 Å². The summed E-state index contributed by atoms with van der Waals surface area (Å²) in [7, 11) is -3.64. The first-order valence-corrected chi connectivity index (χ1v) is 8.56. The molecule has 0 saturated heterocycles. The van der Waals surface area contributed by atoms with E-state index in [9.17, 15) is 8.42 Å². The lowest BCUT2D eigenvalue weighted by Crippen LogP contribution is -2.28. The molecule has 5 heteroatoms. The van der Waals surface area contributed by atoms with Crippen LogP contribution < -0.4 is 4.72 Å². The van der Waals surface area contributed by atoms with E-state index < -0.39 is 16.1 Å². The van der Waals surface area contributed by atoms with Gasteiger partial charge in [0.1, 0.15) is 0 Å². The second-order valence-electron chi connectivity index (χ2n) is 4.95. The van der Waals surface area contributed by atoms with Gasteiger partial charge in [-0.15, -0.1) is 12.3 Å². The van der Waals surface area contributed by atoms with Crippen LogP contribution in [0.15, 0.2) is 53.4 Å². The first kappa shape index (κ1) is 16.6. The molecule has 2 aromatic rings. The number of halogens is 1. The Labute approximate surface area is 136 Å². The SMILES string of the molecule is C#CCC(NS(=O)(=O)c1ccc(C)cc1)c1ccc(Cl)cc1. The van der Waals surface area contributed by atoms with Gasteiger partial charge < -0.3 is 0 Å². The Morgan fingerprint density at radius 3 is 2.27 bits per heavy atom. The lowest BCUT2D eigenvalue weighted by atomic mass is 10.1. The van der Waals surface area contributed by atoms with Gasteiger partial charge in [0.25, 0.3) is 0 Å². The van der Waals surface area contributed by atoms with E-state index >= 15 is 0 Å². The molecule has 0 fully saturated rings. The summed E-state index contributed by atoms with van der Waals surface area (Å²) in [6.45, 7) is 1.90. The lowest BCUT2D eigenvalue weighted by molar-refractivity contribution is 0.559. The molecule has 1 unspecified atom stereocenters. The molecule has 0 aliphatic heterocycles. The Morgan fingerprint density at radius 1 is 1.14 bits per heavy atom. The van der Waals surface area contributed by atoms with Crippen LogP contribution in [0.5, 0.6) is 0 Å². The molecule has 1 N–H and O–H groups in total. The summed E-state index contributed by atoms with van der Waals surface area (Å²) in [5.41, 5.74) is 1.77. The van der Waals surface area contributed by atoms with E-state index in [1.54, 1.807) is 48.5 Å². The van der Waals surface area contributed by atoms with Gasteiger partial charge in [-0.3, -0.25) is 0 Å². The smallest absolute Gasteiger partial charge is 0.207 e. The Morgan fingerprint density at radius 2 is 1.73 bits per heavy atom. The number of rotatable bonds is 5. The van der Waals surface area contributed by atoms with Crippen molar-refractivity contribution in [2.24, 2.45) is 0 Å². The third-order valence-corrected chi connectivity index (χ3v) is 4.96. The van der Waals surface area contributed by atoms with E-state index in [1.807, 2.05) is 6.92 Å². The maximum Gasteiger partial charge on any atom is 0.241 e. The molecule has 0 aromatic heterocycles. The van der Waals surface area contributed by atoms with E-state index in [0.717, 1.165) is 11.1 Å². The molecule has 1 atom stereocenters. The van der Waals surface area contributed by atoms with E-state index in [1.165, 1.54) is 0 Å². The van der Waals surface area contributed by atoms with Crippen LogP contribution in [-0.2, 0) is 10.0 Å². The maximum absolute atomic E-state index is 12.5. The normalized spacial score (nSPS) is 12.6. The van der Waals surface area contributed by atoms with Crippen molar-refractivity contribution in [2.45, 2.75) is 24.3 Å². The summed E-state index contributed by atoms with van der Waals surface area (Å²) in [5.74, 6) is 2.50. The van der Waals surface area contributed by atoms with Crippen LogP contribution in [0, 0.1) is 19.3 Å². The molecule has 22 heavy (non-hydrogen) atoms. The van der Waals surface area contributed by atoms with Crippen molar-refractivity contribution in [3.63, 3.8) is 0 Å². The zero-order valence-corrected chi connectivity index (χ0v) is 13.7. The molecule has 0 amide bonds. The van der Waals surface area contributed by atoms with Gasteiger partial charge in [-0.25, -0.2) is 13.1 Å². The Bertz CT molecular complexity index is 775. The Balaban J connectivity index is 2.29. The molecular formula is C17H16ClNO2S. The number of hydrogen-bond acceptors (Lipinski definition) is 2. The van der Waals surface area contributed by atoms with Crippen molar-refractivity contribution in [2.75, 3.05) is 0 Å². The fraction of sp³-hybridized carbons (Fsp3) is 0.176. The van der Waals surface area contributed by atoms with Crippen LogP contribution in [-0.4, -0.2) is 8.42 Å². The Kier molecular flexibility index (Phi) is 5.25. The van der Waals surface area contributed by atoms with Crippen LogP contribution in [0.3, 0.4) is 0 Å². The highest BCUT2D eigenvalue weighted by Gasteiger charge is 2.20. The topological polar surface area (TPSA) is 46.2 Å². The van der Waals surface area contributed by atoms with E-state index in [2.05, 4.69) is 10.6 Å². The quantitative estimate of drug-likeness (QED) is 0.848. The van der Waals surface area contributed by atoms with Crippen molar-refractivity contribution >= 4 is 21.6 Å². The van der Waals surface area contributed by atoms with Crippen molar-refractivity contribution in [1.82, 2.24) is 4.72 Å². The molecule has 0 aliphatic carbocycles. The molecule has 2 aromatic carbocycles. The highest BCUT2D eigenvalue weighted by molar-refractivity contribution is 7.89. The van der Waals surface area contributed by atoms with Crippen LogP contribution in [0.2, 0.25) is 5.02 Å². The van der Waals surface area contributed by atoms with E-state index in [4.69, 9.17) is 18.0 Å². The fourth-order valence-corrected chi connectivity index (χ4v) is 3.36. The van der Waals surface area contributed by atoms with Crippen LogP contribution in [0.25, 0.3) is 0 Å². The summed E-state index contributed by atoms with van der Waals surface area (Å²) in [6.07, 6.45) is 5.62.